The topological polar surface area (TPSA) is 133 Å². The number of esters is 1. The lowest BCUT2D eigenvalue weighted by Crippen LogP contribution is -2.30. The SMILES string of the molecule is C/C=S(\c1sc(C)c(NC2=NS(=O)(=O)C(C(=O)OCC)=C2N[C@H](CC)c2cc(C(C)C)co2)c1O)N(CC)CC. The zero-order valence-electron chi connectivity index (χ0n) is 24.3. The fourth-order valence-corrected chi connectivity index (χ4v) is 9.07. The molecule has 0 aromatic carbocycles. The van der Waals surface area contributed by atoms with Crippen LogP contribution in [-0.2, 0) is 19.6 Å². The van der Waals surface area contributed by atoms with E-state index in [1.807, 2.05) is 46.1 Å². The number of nitrogens with zero attached hydrogens (tertiary/aromatic N) is 2. The minimum atomic E-state index is -4.39. The van der Waals surface area contributed by atoms with Gasteiger partial charge in [-0.1, -0.05) is 45.3 Å². The smallest absolute Gasteiger partial charge is 0.354 e. The molecule has 0 saturated carbocycles. The van der Waals surface area contributed by atoms with Gasteiger partial charge in [0.1, 0.15) is 15.7 Å². The summed E-state index contributed by atoms with van der Waals surface area (Å²) >= 11 is 1.43. The van der Waals surface area contributed by atoms with Gasteiger partial charge in [0.25, 0.3) is 10.0 Å². The van der Waals surface area contributed by atoms with E-state index >= 15 is 0 Å². The lowest BCUT2D eigenvalue weighted by molar-refractivity contribution is -0.137. The van der Waals surface area contributed by atoms with Gasteiger partial charge in [-0.2, -0.15) is 8.42 Å². The minimum Gasteiger partial charge on any atom is -0.504 e. The van der Waals surface area contributed by atoms with E-state index < -0.39 is 37.6 Å². The van der Waals surface area contributed by atoms with Gasteiger partial charge in [0.05, 0.1) is 24.6 Å². The molecular formula is C27H40N4O6S3. The third-order valence-electron chi connectivity index (χ3n) is 6.44. The number of hydrogen-bond acceptors (Lipinski definition) is 10. The second kappa shape index (κ2) is 13.4. The molecule has 40 heavy (non-hydrogen) atoms. The third-order valence-corrected chi connectivity index (χ3v) is 11.5. The molecule has 2 atom stereocenters. The van der Waals surface area contributed by atoms with E-state index in [0.29, 0.717) is 17.9 Å². The summed E-state index contributed by atoms with van der Waals surface area (Å²) in [6.07, 6.45) is 2.21. The average Bonchev–Trinajstić information content (AvgIpc) is 3.57. The van der Waals surface area contributed by atoms with Crippen molar-refractivity contribution in [2.45, 2.75) is 78.0 Å². The third kappa shape index (κ3) is 6.48. The minimum absolute atomic E-state index is 0.00396. The Morgan fingerprint density at radius 3 is 2.48 bits per heavy atom. The van der Waals surface area contributed by atoms with E-state index in [1.54, 1.807) is 13.2 Å². The molecule has 2 aromatic heterocycles. The molecule has 0 bridgehead atoms. The fraction of sp³-hybridized carbons (Fsp3) is 0.519. The van der Waals surface area contributed by atoms with Crippen molar-refractivity contribution in [2.75, 3.05) is 25.0 Å². The van der Waals surface area contributed by atoms with Crippen LogP contribution in [0.15, 0.2) is 36.0 Å². The van der Waals surface area contributed by atoms with Gasteiger partial charge in [-0.05, 0) is 50.1 Å². The fourth-order valence-electron chi connectivity index (χ4n) is 4.26. The maximum absolute atomic E-state index is 13.2. The lowest BCUT2D eigenvalue weighted by atomic mass is 10.1. The van der Waals surface area contributed by atoms with Gasteiger partial charge < -0.3 is 24.9 Å². The number of nitrogens with one attached hydrogen (secondary N) is 2. The van der Waals surface area contributed by atoms with Gasteiger partial charge in [0, 0.05) is 18.0 Å². The summed E-state index contributed by atoms with van der Waals surface area (Å²) in [5.74, 6) is -0.222. The van der Waals surface area contributed by atoms with Crippen LogP contribution in [0.25, 0.3) is 0 Å². The second-order valence-corrected chi connectivity index (χ2v) is 14.4. The zero-order valence-corrected chi connectivity index (χ0v) is 26.8. The van der Waals surface area contributed by atoms with Crippen molar-refractivity contribution in [1.82, 2.24) is 9.62 Å². The maximum Gasteiger partial charge on any atom is 0.354 e. The first-order valence-corrected chi connectivity index (χ1v) is 16.9. The van der Waals surface area contributed by atoms with Crippen molar-refractivity contribution in [2.24, 2.45) is 4.40 Å². The maximum atomic E-state index is 13.2. The molecule has 3 N–H and O–H groups in total. The first kappa shape index (κ1) is 31.9. The van der Waals surface area contributed by atoms with Gasteiger partial charge in [-0.25, -0.2) is 4.79 Å². The van der Waals surface area contributed by atoms with Crippen LogP contribution in [0.5, 0.6) is 5.75 Å². The number of ether oxygens (including phenoxy) is 1. The van der Waals surface area contributed by atoms with Crippen molar-refractivity contribution in [3.63, 3.8) is 0 Å². The molecule has 222 valence electrons. The Kier molecular flexibility index (Phi) is 10.7. The summed E-state index contributed by atoms with van der Waals surface area (Å²) in [4.78, 5) is 13.1. The van der Waals surface area contributed by atoms with Crippen LogP contribution in [0, 0.1) is 6.92 Å². The normalized spacial score (nSPS) is 16.5. The molecule has 1 unspecified atom stereocenters. The average molecular weight is 613 g/mol. The number of hydrogen-bond donors (Lipinski definition) is 3. The van der Waals surface area contributed by atoms with Crippen molar-refractivity contribution in [3.05, 3.63) is 39.1 Å². The molecule has 0 radical (unpaired) electrons. The monoisotopic (exact) mass is 612 g/mol. The highest BCUT2D eigenvalue weighted by Gasteiger charge is 2.40. The summed E-state index contributed by atoms with van der Waals surface area (Å²) in [6.45, 7) is 17.1. The molecular weight excluding hydrogens is 573 g/mol. The van der Waals surface area contributed by atoms with Gasteiger partial charge in [-0.15, -0.1) is 15.7 Å². The van der Waals surface area contributed by atoms with Crippen LogP contribution in [0.1, 0.15) is 83.0 Å². The standard InChI is InChI=1S/C27H40N4O6S3/c1-9-19(20-14-18(15-37-20)16(6)7)28-22-24(26(33)36-12-4)40(34,35)30-25(22)29-21-17(8)38-27(23(21)32)39(13-5)31(10-2)11-3/h13-16,19,28,32H,9-12H2,1-8H3,(H,29,30)/t19-,39?/m1/s1. The number of carbonyl (C=O) groups is 1. The number of amidine groups is 1. The van der Waals surface area contributed by atoms with Crippen molar-refractivity contribution >= 4 is 54.9 Å². The van der Waals surface area contributed by atoms with Gasteiger partial charge in [0.2, 0.25) is 4.91 Å². The number of furan rings is 1. The summed E-state index contributed by atoms with van der Waals surface area (Å²) in [5.41, 5.74) is 1.32. The quantitative estimate of drug-likeness (QED) is 0.199. The first-order valence-electron chi connectivity index (χ1n) is 13.4. The highest BCUT2D eigenvalue weighted by molar-refractivity contribution is 8.14. The molecule has 10 nitrogen and oxygen atoms in total. The lowest BCUT2D eigenvalue weighted by Gasteiger charge is -2.22. The van der Waals surface area contributed by atoms with E-state index in [-0.39, 0.29) is 29.8 Å². The predicted octanol–water partition coefficient (Wildman–Crippen LogP) is 5.85. The van der Waals surface area contributed by atoms with E-state index in [0.717, 1.165) is 27.7 Å². The van der Waals surface area contributed by atoms with Gasteiger partial charge in [-0.3, -0.25) is 4.31 Å². The van der Waals surface area contributed by atoms with E-state index in [4.69, 9.17) is 9.15 Å². The number of aromatic hydroxyl groups is 1. The Labute approximate surface area is 243 Å². The molecule has 0 amide bonds. The highest BCUT2D eigenvalue weighted by atomic mass is 32.2. The number of thiophene rings is 1. The zero-order chi connectivity index (χ0) is 29.8. The van der Waals surface area contributed by atoms with Crippen LogP contribution in [-0.4, -0.2) is 54.7 Å². The molecule has 0 fully saturated rings. The molecule has 2 aromatic rings. The molecule has 3 rings (SSSR count). The molecule has 3 heterocycles. The van der Waals surface area contributed by atoms with E-state index in [9.17, 15) is 18.3 Å². The van der Waals surface area contributed by atoms with Crippen molar-refractivity contribution < 1.29 is 27.5 Å². The Hall–Kier alpha value is -2.61. The molecule has 13 heteroatoms. The Balaban J connectivity index is 2.09. The number of rotatable bonds is 12. The molecule has 1 aliphatic rings. The summed E-state index contributed by atoms with van der Waals surface area (Å²) in [7, 11) is -4.84. The number of aryl methyl sites for hydroxylation is 1. The Morgan fingerprint density at radius 1 is 1.27 bits per heavy atom. The van der Waals surface area contributed by atoms with Crippen LogP contribution >= 0.6 is 22.0 Å². The van der Waals surface area contributed by atoms with Crippen molar-refractivity contribution in [1.29, 1.82) is 0 Å². The van der Waals surface area contributed by atoms with Crippen LogP contribution in [0.3, 0.4) is 0 Å². The summed E-state index contributed by atoms with van der Waals surface area (Å²) in [5, 5.41) is 19.6. The Morgan fingerprint density at radius 2 is 1.95 bits per heavy atom. The Bertz CT molecular complexity index is 1430. The first-order chi connectivity index (χ1) is 18.9. The predicted molar refractivity (Wildman–Crippen MR) is 164 cm³/mol. The largest absolute Gasteiger partial charge is 0.504 e. The van der Waals surface area contributed by atoms with Gasteiger partial charge in [0.15, 0.2) is 11.6 Å². The number of carbonyl (C=O) groups excluding carboxylic acids is 1. The van der Waals surface area contributed by atoms with E-state index in [1.165, 1.54) is 11.3 Å². The molecule has 0 spiro atoms. The van der Waals surface area contributed by atoms with Gasteiger partial charge >= 0.3 is 5.97 Å². The van der Waals surface area contributed by atoms with Crippen LogP contribution < -0.4 is 10.6 Å². The van der Waals surface area contributed by atoms with Crippen LogP contribution in [0.4, 0.5) is 5.69 Å². The second-order valence-electron chi connectivity index (χ2n) is 9.34. The summed E-state index contributed by atoms with van der Waals surface area (Å²) < 4.78 is 44.1. The van der Waals surface area contributed by atoms with Crippen molar-refractivity contribution in [3.8, 4) is 5.75 Å². The summed E-state index contributed by atoms with van der Waals surface area (Å²) in [6, 6.07) is 1.46. The highest BCUT2D eigenvalue weighted by Crippen LogP contribution is 2.49. The van der Waals surface area contributed by atoms with Crippen LogP contribution in [0.2, 0.25) is 0 Å². The van der Waals surface area contributed by atoms with E-state index in [2.05, 4.69) is 33.2 Å². The number of anilines is 1. The molecule has 0 saturated heterocycles. The molecule has 1 aliphatic heterocycles. The number of sulfonamides is 1. The molecule has 0 aliphatic carbocycles.